The first-order chi connectivity index (χ1) is 8.95. The summed E-state index contributed by atoms with van der Waals surface area (Å²) in [5.41, 5.74) is 6.24. The molecule has 19 heavy (non-hydrogen) atoms. The zero-order chi connectivity index (χ0) is 14.0. The number of sulfone groups is 1. The molecule has 2 atom stereocenters. The molecule has 0 spiro atoms. The van der Waals surface area contributed by atoms with Crippen molar-refractivity contribution in [2.24, 2.45) is 5.92 Å². The number of nitrogen functional groups attached to an aromatic ring is 1. The molecule has 2 N–H and O–H groups in total. The quantitative estimate of drug-likeness (QED) is 0.848. The normalized spacial score (nSPS) is 24.3. The van der Waals surface area contributed by atoms with E-state index in [4.69, 9.17) is 5.73 Å². The lowest BCUT2D eigenvalue weighted by atomic mass is 9.87. The van der Waals surface area contributed by atoms with Gasteiger partial charge in [0.05, 0.1) is 10.1 Å². The Balaban J connectivity index is 2.31. The molecule has 1 fully saturated rings. The molecule has 0 aliphatic heterocycles. The van der Waals surface area contributed by atoms with Gasteiger partial charge in [-0.3, -0.25) is 0 Å². The summed E-state index contributed by atoms with van der Waals surface area (Å²) in [6.07, 6.45) is 4.79. The summed E-state index contributed by atoms with van der Waals surface area (Å²) in [6.45, 7) is 2.14. The van der Waals surface area contributed by atoms with Crippen LogP contribution in [-0.2, 0) is 9.84 Å². The molecule has 5 heteroatoms. The molecule has 1 aromatic rings. The van der Waals surface area contributed by atoms with Gasteiger partial charge in [0.2, 0.25) is 0 Å². The van der Waals surface area contributed by atoms with Gasteiger partial charge in [-0.15, -0.1) is 0 Å². The number of hydrogen-bond donors (Lipinski definition) is 1. The van der Waals surface area contributed by atoms with Gasteiger partial charge in [-0.25, -0.2) is 8.42 Å². The van der Waals surface area contributed by atoms with Crippen LogP contribution in [0.25, 0.3) is 0 Å². The van der Waals surface area contributed by atoms with E-state index in [0.717, 1.165) is 32.1 Å². The third-order valence-corrected chi connectivity index (χ3v) is 7.21. The van der Waals surface area contributed by atoms with Crippen LogP contribution in [-0.4, -0.2) is 13.7 Å². The fraction of sp³-hybridized carbons (Fsp3) is 0.571. The maximum absolute atomic E-state index is 12.7. The molecule has 0 saturated heterocycles. The molecule has 1 aliphatic carbocycles. The van der Waals surface area contributed by atoms with E-state index in [2.05, 4.69) is 22.9 Å². The number of nitrogens with two attached hydrogens (primary N) is 1. The van der Waals surface area contributed by atoms with E-state index < -0.39 is 9.84 Å². The van der Waals surface area contributed by atoms with Crippen LogP contribution in [0.3, 0.4) is 0 Å². The van der Waals surface area contributed by atoms with Crippen LogP contribution in [0.15, 0.2) is 27.6 Å². The largest absolute Gasteiger partial charge is 0.399 e. The van der Waals surface area contributed by atoms with E-state index in [0.29, 0.717) is 21.0 Å². The molecule has 2 rings (SSSR count). The standard InChI is InChI=1S/C14H20BrNO2S/c1-2-10-4-3-5-12(8-10)19(17,18)14-7-6-11(16)9-13(14)15/h6-7,9-10,12H,2-5,8,16H2,1H3. The molecule has 1 aromatic carbocycles. The molecule has 1 saturated carbocycles. The number of benzene rings is 1. The van der Waals surface area contributed by atoms with Crippen LogP contribution in [0.1, 0.15) is 39.0 Å². The summed E-state index contributed by atoms with van der Waals surface area (Å²) < 4.78 is 26.0. The zero-order valence-corrected chi connectivity index (χ0v) is 13.5. The van der Waals surface area contributed by atoms with Gasteiger partial charge in [-0.1, -0.05) is 26.2 Å². The van der Waals surface area contributed by atoms with Crippen molar-refractivity contribution in [1.29, 1.82) is 0 Å². The summed E-state index contributed by atoms with van der Waals surface area (Å²) in [5, 5.41) is -0.244. The van der Waals surface area contributed by atoms with Crippen molar-refractivity contribution in [2.75, 3.05) is 5.73 Å². The number of anilines is 1. The van der Waals surface area contributed by atoms with Crippen LogP contribution in [0.5, 0.6) is 0 Å². The van der Waals surface area contributed by atoms with Gasteiger partial charge in [-0.05, 0) is 52.9 Å². The van der Waals surface area contributed by atoms with Gasteiger partial charge in [0.1, 0.15) is 0 Å². The average molecular weight is 346 g/mol. The number of hydrogen-bond acceptors (Lipinski definition) is 3. The number of halogens is 1. The lowest BCUT2D eigenvalue weighted by Crippen LogP contribution is -2.28. The topological polar surface area (TPSA) is 60.2 Å². The first-order valence-corrected chi connectivity index (χ1v) is 9.08. The van der Waals surface area contributed by atoms with Crippen LogP contribution in [0.2, 0.25) is 0 Å². The Kier molecular flexibility index (Phi) is 4.56. The smallest absolute Gasteiger partial charge is 0.182 e. The molecule has 1 aliphatic rings. The minimum Gasteiger partial charge on any atom is -0.399 e. The second-order valence-corrected chi connectivity index (χ2v) is 8.35. The Morgan fingerprint density at radius 3 is 2.74 bits per heavy atom. The van der Waals surface area contributed by atoms with Crippen LogP contribution in [0, 0.1) is 5.92 Å². The SMILES string of the molecule is CCC1CCCC(S(=O)(=O)c2ccc(N)cc2Br)C1. The van der Waals surface area contributed by atoms with Gasteiger partial charge in [0.15, 0.2) is 9.84 Å². The Bertz CT molecular complexity index is 557. The van der Waals surface area contributed by atoms with Gasteiger partial charge >= 0.3 is 0 Å². The first kappa shape index (κ1) is 14.9. The molecule has 0 bridgehead atoms. The molecular formula is C14H20BrNO2S. The minimum atomic E-state index is -3.25. The second-order valence-electron chi connectivity index (χ2n) is 5.30. The fourth-order valence-corrected chi connectivity index (χ4v) is 5.85. The van der Waals surface area contributed by atoms with Gasteiger partial charge < -0.3 is 5.73 Å². The first-order valence-electron chi connectivity index (χ1n) is 6.74. The molecule has 0 amide bonds. The highest BCUT2D eigenvalue weighted by Crippen LogP contribution is 2.36. The lowest BCUT2D eigenvalue weighted by molar-refractivity contribution is 0.348. The maximum Gasteiger partial charge on any atom is 0.182 e. The van der Waals surface area contributed by atoms with Crippen molar-refractivity contribution < 1.29 is 8.42 Å². The molecule has 106 valence electrons. The lowest BCUT2D eigenvalue weighted by Gasteiger charge is -2.28. The summed E-state index contributed by atoms with van der Waals surface area (Å²) in [4.78, 5) is 0.378. The van der Waals surface area contributed by atoms with Crippen molar-refractivity contribution in [1.82, 2.24) is 0 Å². The molecule has 3 nitrogen and oxygen atoms in total. The van der Waals surface area contributed by atoms with Crippen LogP contribution in [0.4, 0.5) is 5.69 Å². The Morgan fingerprint density at radius 1 is 1.37 bits per heavy atom. The molecule has 0 radical (unpaired) electrons. The van der Waals surface area contributed by atoms with Gasteiger partial charge in [-0.2, -0.15) is 0 Å². The van der Waals surface area contributed by atoms with Gasteiger partial charge in [0.25, 0.3) is 0 Å². The van der Waals surface area contributed by atoms with Crippen molar-refractivity contribution >= 4 is 31.5 Å². The predicted molar refractivity (Wildman–Crippen MR) is 81.8 cm³/mol. The highest BCUT2D eigenvalue weighted by atomic mass is 79.9. The van der Waals surface area contributed by atoms with E-state index in [1.807, 2.05) is 0 Å². The van der Waals surface area contributed by atoms with E-state index in [1.54, 1.807) is 18.2 Å². The third kappa shape index (κ3) is 3.14. The van der Waals surface area contributed by atoms with Crippen LogP contribution >= 0.6 is 15.9 Å². The van der Waals surface area contributed by atoms with E-state index in [9.17, 15) is 8.42 Å². The molecular weight excluding hydrogens is 326 g/mol. The summed E-state index contributed by atoms with van der Waals surface area (Å²) >= 11 is 3.32. The van der Waals surface area contributed by atoms with E-state index >= 15 is 0 Å². The Hall–Kier alpha value is -0.550. The summed E-state index contributed by atoms with van der Waals surface area (Å²) in [7, 11) is -3.25. The predicted octanol–water partition coefficient (Wildman–Crippen LogP) is 3.77. The highest BCUT2D eigenvalue weighted by Gasteiger charge is 2.33. The van der Waals surface area contributed by atoms with Crippen molar-refractivity contribution in [3.05, 3.63) is 22.7 Å². The fourth-order valence-electron chi connectivity index (χ4n) is 2.82. The monoisotopic (exact) mass is 345 g/mol. The van der Waals surface area contributed by atoms with Crippen molar-refractivity contribution in [3.8, 4) is 0 Å². The molecule has 0 aromatic heterocycles. The minimum absolute atomic E-state index is 0.244. The van der Waals surface area contributed by atoms with Crippen LogP contribution < -0.4 is 5.73 Å². The van der Waals surface area contributed by atoms with E-state index in [1.165, 1.54) is 0 Å². The molecule has 2 unspecified atom stereocenters. The Labute approximate surface area is 123 Å². The maximum atomic E-state index is 12.7. The second kappa shape index (κ2) is 5.83. The summed E-state index contributed by atoms with van der Waals surface area (Å²) in [5.74, 6) is 0.543. The van der Waals surface area contributed by atoms with Gasteiger partial charge in [0, 0.05) is 10.2 Å². The zero-order valence-electron chi connectivity index (χ0n) is 11.1. The average Bonchev–Trinajstić information content (AvgIpc) is 2.38. The Morgan fingerprint density at radius 2 is 2.11 bits per heavy atom. The van der Waals surface area contributed by atoms with E-state index in [-0.39, 0.29) is 5.25 Å². The third-order valence-electron chi connectivity index (χ3n) is 4.01. The molecule has 0 heterocycles. The highest BCUT2D eigenvalue weighted by molar-refractivity contribution is 9.10. The number of rotatable bonds is 3. The summed E-state index contributed by atoms with van der Waals surface area (Å²) in [6, 6.07) is 4.93. The van der Waals surface area contributed by atoms with Crippen molar-refractivity contribution in [3.63, 3.8) is 0 Å². The van der Waals surface area contributed by atoms with Crippen molar-refractivity contribution in [2.45, 2.75) is 49.2 Å².